The molecule has 1 atom stereocenters. The summed E-state index contributed by atoms with van der Waals surface area (Å²) in [6.45, 7) is 1.72. The van der Waals surface area contributed by atoms with Crippen molar-refractivity contribution in [2.75, 3.05) is 0 Å². The van der Waals surface area contributed by atoms with Gasteiger partial charge >= 0.3 is 5.97 Å². The summed E-state index contributed by atoms with van der Waals surface area (Å²) in [6, 6.07) is 6.67. The topological polar surface area (TPSA) is 71.4 Å². The van der Waals surface area contributed by atoms with E-state index in [9.17, 15) is 13.2 Å². The van der Waals surface area contributed by atoms with Gasteiger partial charge in [-0.2, -0.15) is 0 Å². The van der Waals surface area contributed by atoms with Gasteiger partial charge in [0.15, 0.2) is 0 Å². The highest BCUT2D eigenvalue weighted by Crippen LogP contribution is 2.38. The first-order chi connectivity index (χ1) is 7.92. The van der Waals surface area contributed by atoms with Gasteiger partial charge in [-0.05, 0) is 23.1 Å². The lowest BCUT2D eigenvalue weighted by Gasteiger charge is -2.10. The molecule has 4 nitrogen and oxygen atoms in total. The van der Waals surface area contributed by atoms with Crippen LogP contribution >= 0.6 is 0 Å². The normalized spacial score (nSPS) is 18.3. The van der Waals surface area contributed by atoms with Gasteiger partial charge in [-0.25, -0.2) is 8.42 Å². The van der Waals surface area contributed by atoms with E-state index in [1.54, 1.807) is 31.2 Å². The van der Waals surface area contributed by atoms with Crippen molar-refractivity contribution >= 4 is 21.4 Å². The molecule has 90 valence electrons. The lowest BCUT2D eigenvalue weighted by atomic mass is 9.93. The van der Waals surface area contributed by atoms with Crippen LogP contribution in [-0.4, -0.2) is 19.5 Å². The Bertz CT molecular complexity index is 599. The van der Waals surface area contributed by atoms with E-state index in [0.29, 0.717) is 11.1 Å². The van der Waals surface area contributed by atoms with Crippen LogP contribution in [0.25, 0.3) is 5.57 Å². The molecule has 0 radical (unpaired) electrons. The molecule has 0 bridgehead atoms. The first-order valence-electron chi connectivity index (χ1n) is 5.19. The molecule has 1 heterocycles. The average molecular weight is 252 g/mol. The fraction of sp³-hybridized carbons (Fsp3) is 0.250. The predicted octanol–water partition coefficient (Wildman–Crippen LogP) is 1.93. The Morgan fingerprint density at radius 2 is 2.00 bits per heavy atom. The summed E-state index contributed by atoms with van der Waals surface area (Å²) in [5.41, 5.74) is 1.21. The van der Waals surface area contributed by atoms with Crippen molar-refractivity contribution in [3.05, 3.63) is 35.2 Å². The molecule has 0 aliphatic carbocycles. The van der Waals surface area contributed by atoms with E-state index in [-0.39, 0.29) is 17.2 Å². The van der Waals surface area contributed by atoms with Gasteiger partial charge in [0.05, 0.1) is 11.3 Å². The van der Waals surface area contributed by atoms with Crippen LogP contribution in [-0.2, 0) is 14.6 Å². The van der Waals surface area contributed by atoms with Gasteiger partial charge in [-0.15, -0.1) is 0 Å². The van der Waals surface area contributed by atoms with E-state index < -0.39 is 15.8 Å². The summed E-state index contributed by atoms with van der Waals surface area (Å²) in [6.07, 6.45) is -0.0737. The van der Waals surface area contributed by atoms with E-state index >= 15 is 0 Å². The molecule has 1 aliphatic heterocycles. The minimum absolute atomic E-state index is 0.0737. The number of benzene rings is 1. The Morgan fingerprint density at radius 1 is 1.35 bits per heavy atom. The van der Waals surface area contributed by atoms with Gasteiger partial charge in [0.25, 0.3) is 0 Å². The van der Waals surface area contributed by atoms with Gasteiger partial charge in [-0.3, -0.25) is 4.79 Å². The molecule has 2 rings (SSSR count). The van der Waals surface area contributed by atoms with Crippen LogP contribution in [0.4, 0.5) is 0 Å². The Kier molecular flexibility index (Phi) is 2.79. The second-order valence-corrected chi connectivity index (χ2v) is 5.88. The quantitative estimate of drug-likeness (QED) is 0.892. The zero-order valence-electron chi connectivity index (χ0n) is 9.25. The smallest absolute Gasteiger partial charge is 0.303 e. The van der Waals surface area contributed by atoms with E-state index in [1.807, 2.05) is 0 Å². The molecule has 0 aromatic heterocycles. The molecule has 0 amide bonds. The molecule has 17 heavy (non-hydrogen) atoms. The number of carboxylic acids is 1. The highest BCUT2D eigenvalue weighted by molar-refractivity contribution is 7.95. The fourth-order valence-electron chi connectivity index (χ4n) is 2.00. The maximum absolute atomic E-state index is 11.8. The van der Waals surface area contributed by atoms with Gasteiger partial charge < -0.3 is 5.11 Å². The van der Waals surface area contributed by atoms with Crippen molar-refractivity contribution in [3.63, 3.8) is 0 Å². The first-order valence-corrected chi connectivity index (χ1v) is 6.74. The average Bonchev–Trinajstić information content (AvgIpc) is 2.51. The summed E-state index contributed by atoms with van der Waals surface area (Å²) >= 11 is 0. The highest BCUT2D eigenvalue weighted by Gasteiger charge is 2.29. The van der Waals surface area contributed by atoms with Gasteiger partial charge in [0, 0.05) is 5.41 Å². The third-order valence-electron chi connectivity index (χ3n) is 2.80. The van der Waals surface area contributed by atoms with Crippen molar-refractivity contribution in [2.45, 2.75) is 18.2 Å². The minimum atomic E-state index is -3.39. The summed E-state index contributed by atoms with van der Waals surface area (Å²) in [5, 5.41) is 9.93. The second-order valence-electron chi connectivity index (χ2n) is 4.11. The van der Waals surface area contributed by atoms with Crippen LogP contribution in [0.15, 0.2) is 34.6 Å². The highest BCUT2D eigenvalue weighted by atomic mass is 32.2. The number of sulfone groups is 1. The molecular weight excluding hydrogens is 240 g/mol. The van der Waals surface area contributed by atoms with Gasteiger partial charge in [0.1, 0.15) is 0 Å². The van der Waals surface area contributed by atoms with Crippen LogP contribution in [0, 0.1) is 5.92 Å². The van der Waals surface area contributed by atoms with Crippen LogP contribution in [0.5, 0.6) is 0 Å². The van der Waals surface area contributed by atoms with Crippen LogP contribution in [0.3, 0.4) is 0 Å². The van der Waals surface area contributed by atoms with Crippen LogP contribution in [0.2, 0.25) is 0 Å². The minimum Gasteiger partial charge on any atom is -0.481 e. The number of carboxylic acid groups (broad SMARTS) is 1. The molecular formula is C12H12O4S. The molecule has 0 spiro atoms. The van der Waals surface area contributed by atoms with Gasteiger partial charge in [0.2, 0.25) is 9.84 Å². The standard InChI is InChI=1S/C12H12O4S/c1-8(6-12(13)14)10-7-17(15,16)11-5-3-2-4-9(10)11/h2-5,7-8H,6H2,1H3,(H,13,14). The lowest BCUT2D eigenvalue weighted by Crippen LogP contribution is -2.05. The largest absolute Gasteiger partial charge is 0.481 e. The molecule has 1 N–H and O–H groups in total. The fourth-order valence-corrected chi connectivity index (χ4v) is 3.58. The summed E-state index contributed by atoms with van der Waals surface area (Å²) < 4.78 is 23.7. The third kappa shape index (κ3) is 2.10. The van der Waals surface area contributed by atoms with Crippen molar-refractivity contribution in [1.29, 1.82) is 0 Å². The van der Waals surface area contributed by atoms with Crippen molar-refractivity contribution in [2.24, 2.45) is 5.92 Å². The number of fused-ring (bicyclic) bond motifs is 1. The lowest BCUT2D eigenvalue weighted by molar-refractivity contribution is -0.137. The van der Waals surface area contributed by atoms with E-state index in [2.05, 4.69) is 0 Å². The number of aliphatic carboxylic acids is 1. The van der Waals surface area contributed by atoms with Crippen LogP contribution in [0.1, 0.15) is 18.9 Å². The molecule has 1 aliphatic rings. The third-order valence-corrected chi connectivity index (χ3v) is 4.33. The maximum atomic E-state index is 11.8. The van der Waals surface area contributed by atoms with E-state index in [1.165, 1.54) is 5.41 Å². The summed E-state index contributed by atoms with van der Waals surface area (Å²) in [5.74, 6) is -1.24. The van der Waals surface area contributed by atoms with E-state index in [4.69, 9.17) is 5.11 Å². The number of hydrogen-bond donors (Lipinski definition) is 1. The first kappa shape index (κ1) is 11.9. The molecule has 1 aromatic rings. The molecule has 5 heteroatoms. The van der Waals surface area contributed by atoms with Gasteiger partial charge in [-0.1, -0.05) is 25.1 Å². The number of rotatable bonds is 3. The zero-order valence-corrected chi connectivity index (χ0v) is 10.1. The summed E-state index contributed by atoms with van der Waals surface area (Å²) in [4.78, 5) is 10.9. The molecule has 0 fully saturated rings. The number of allylic oxidation sites excluding steroid dienone is 1. The zero-order chi connectivity index (χ0) is 12.6. The van der Waals surface area contributed by atoms with Crippen LogP contribution < -0.4 is 0 Å². The Morgan fingerprint density at radius 3 is 2.65 bits per heavy atom. The number of carbonyl (C=O) groups is 1. The molecule has 0 saturated carbocycles. The molecule has 1 aromatic carbocycles. The molecule has 0 saturated heterocycles. The summed E-state index contributed by atoms with van der Waals surface area (Å²) in [7, 11) is -3.39. The Hall–Kier alpha value is -1.62. The number of hydrogen-bond acceptors (Lipinski definition) is 3. The molecule has 1 unspecified atom stereocenters. The van der Waals surface area contributed by atoms with Crippen molar-refractivity contribution in [1.82, 2.24) is 0 Å². The second kappa shape index (κ2) is 4.00. The Labute approximate surface area is 99.5 Å². The Balaban J connectivity index is 2.48. The predicted molar refractivity (Wildman–Crippen MR) is 63.0 cm³/mol. The van der Waals surface area contributed by atoms with Crippen molar-refractivity contribution in [3.8, 4) is 0 Å². The maximum Gasteiger partial charge on any atom is 0.303 e. The SMILES string of the molecule is CC(CC(=O)O)C1=CS(=O)(=O)c2ccccc21. The van der Waals surface area contributed by atoms with Crippen molar-refractivity contribution < 1.29 is 18.3 Å². The monoisotopic (exact) mass is 252 g/mol. The van der Waals surface area contributed by atoms with E-state index in [0.717, 1.165) is 0 Å².